The number of halogens is 1. The van der Waals surface area contributed by atoms with E-state index >= 15 is 0 Å². The van der Waals surface area contributed by atoms with Crippen molar-refractivity contribution in [2.75, 3.05) is 5.32 Å². The molecule has 1 saturated carbocycles. The molecular formula is C13H12FN3O. The van der Waals surface area contributed by atoms with Gasteiger partial charge >= 0.3 is 0 Å². The summed E-state index contributed by atoms with van der Waals surface area (Å²) in [5, 5.41) is 9.12. The molecule has 0 atom stereocenters. The van der Waals surface area contributed by atoms with Gasteiger partial charge in [-0.05, 0) is 18.9 Å². The Bertz CT molecular complexity index is 576. The number of rotatable bonds is 3. The van der Waals surface area contributed by atoms with Crippen molar-refractivity contribution in [1.82, 2.24) is 10.2 Å². The minimum absolute atomic E-state index is 0.172. The highest BCUT2D eigenvalue weighted by atomic mass is 19.1. The first-order valence-electron chi connectivity index (χ1n) is 5.78. The fourth-order valence-corrected chi connectivity index (χ4v) is 2.16. The zero-order valence-corrected chi connectivity index (χ0v) is 9.61. The molecule has 1 fully saturated rings. The first kappa shape index (κ1) is 11.0. The lowest BCUT2D eigenvalue weighted by molar-refractivity contribution is -0.118. The fourth-order valence-electron chi connectivity index (χ4n) is 2.16. The molecule has 2 aromatic rings. The van der Waals surface area contributed by atoms with Crippen LogP contribution in [0.15, 0.2) is 36.7 Å². The quantitative estimate of drug-likeness (QED) is 0.871. The maximum Gasteiger partial charge on any atom is 0.235 e. The summed E-state index contributed by atoms with van der Waals surface area (Å²) in [4.78, 5) is 12.2. The van der Waals surface area contributed by atoms with Crippen LogP contribution < -0.4 is 5.32 Å². The Morgan fingerprint density at radius 2 is 2.17 bits per heavy atom. The van der Waals surface area contributed by atoms with Gasteiger partial charge in [-0.15, -0.1) is 0 Å². The second-order valence-corrected chi connectivity index (χ2v) is 4.50. The number of carbonyl (C=O) groups excluding carboxylic acids is 1. The summed E-state index contributed by atoms with van der Waals surface area (Å²) >= 11 is 0. The second kappa shape index (κ2) is 3.94. The smallest absolute Gasteiger partial charge is 0.235 e. The van der Waals surface area contributed by atoms with Gasteiger partial charge in [-0.1, -0.05) is 18.2 Å². The van der Waals surface area contributed by atoms with Crippen LogP contribution >= 0.6 is 0 Å². The Labute approximate surface area is 103 Å². The first-order valence-corrected chi connectivity index (χ1v) is 5.78. The maximum absolute atomic E-state index is 13.8. The molecule has 1 aliphatic rings. The minimum Gasteiger partial charge on any atom is -0.323 e. The molecule has 5 heteroatoms. The molecule has 1 aromatic carbocycles. The molecule has 1 aliphatic carbocycles. The third-order valence-electron chi connectivity index (χ3n) is 3.33. The zero-order chi connectivity index (χ0) is 12.6. The van der Waals surface area contributed by atoms with Gasteiger partial charge in [0.25, 0.3) is 0 Å². The van der Waals surface area contributed by atoms with E-state index in [1.807, 2.05) is 0 Å². The van der Waals surface area contributed by atoms with Gasteiger partial charge in [-0.3, -0.25) is 9.89 Å². The van der Waals surface area contributed by atoms with E-state index in [2.05, 4.69) is 15.5 Å². The van der Waals surface area contributed by atoms with Crippen LogP contribution in [0.25, 0.3) is 0 Å². The van der Waals surface area contributed by atoms with Crippen molar-refractivity contribution in [3.8, 4) is 0 Å². The van der Waals surface area contributed by atoms with Crippen molar-refractivity contribution >= 4 is 11.6 Å². The number of H-pyrrole nitrogens is 1. The highest BCUT2D eigenvalue weighted by molar-refractivity contribution is 6.01. The summed E-state index contributed by atoms with van der Waals surface area (Å²) in [6.45, 7) is 0. The molecule has 2 N–H and O–H groups in total. The molecule has 0 aliphatic heterocycles. The van der Waals surface area contributed by atoms with Crippen LogP contribution in [-0.2, 0) is 10.2 Å². The second-order valence-electron chi connectivity index (χ2n) is 4.50. The first-order chi connectivity index (χ1) is 8.72. The average molecular weight is 245 g/mol. The number of nitrogens with zero attached hydrogens (tertiary/aromatic N) is 1. The lowest BCUT2D eigenvalue weighted by Gasteiger charge is -2.15. The Kier molecular flexibility index (Phi) is 2.40. The zero-order valence-electron chi connectivity index (χ0n) is 9.61. The largest absolute Gasteiger partial charge is 0.323 e. The van der Waals surface area contributed by atoms with Gasteiger partial charge in [0, 0.05) is 11.8 Å². The van der Waals surface area contributed by atoms with Crippen LogP contribution in [0.5, 0.6) is 0 Å². The summed E-state index contributed by atoms with van der Waals surface area (Å²) in [7, 11) is 0. The Morgan fingerprint density at radius 1 is 1.39 bits per heavy atom. The molecule has 1 aromatic heterocycles. The van der Waals surface area contributed by atoms with Gasteiger partial charge in [-0.2, -0.15) is 5.10 Å². The molecule has 3 rings (SSSR count). The molecule has 18 heavy (non-hydrogen) atoms. The molecule has 4 nitrogen and oxygen atoms in total. The van der Waals surface area contributed by atoms with Crippen molar-refractivity contribution in [3.05, 3.63) is 48.0 Å². The molecule has 0 radical (unpaired) electrons. The van der Waals surface area contributed by atoms with Gasteiger partial charge < -0.3 is 5.32 Å². The Hall–Kier alpha value is -2.17. The molecular weight excluding hydrogens is 233 g/mol. The van der Waals surface area contributed by atoms with Crippen molar-refractivity contribution in [3.63, 3.8) is 0 Å². The standard InChI is InChI=1S/C13H12FN3O/c14-11-4-2-1-3-10(11)13(5-6-13)12(18)17-9-7-15-16-8-9/h1-4,7-8H,5-6H2,(H,15,16)(H,17,18). The van der Waals surface area contributed by atoms with Crippen LogP contribution in [0.1, 0.15) is 18.4 Å². The highest BCUT2D eigenvalue weighted by Gasteiger charge is 2.52. The van der Waals surface area contributed by atoms with Gasteiger partial charge in [0.15, 0.2) is 0 Å². The highest BCUT2D eigenvalue weighted by Crippen LogP contribution is 2.49. The van der Waals surface area contributed by atoms with Crippen LogP contribution in [0.2, 0.25) is 0 Å². The number of aromatic amines is 1. The predicted molar refractivity (Wildman–Crippen MR) is 64.5 cm³/mol. The third-order valence-corrected chi connectivity index (χ3v) is 3.33. The number of hydrogen-bond acceptors (Lipinski definition) is 2. The van der Waals surface area contributed by atoms with Crippen LogP contribution in [0, 0.1) is 5.82 Å². The van der Waals surface area contributed by atoms with Crippen LogP contribution in [0.3, 0.4) is 0 Å². The van der Waals surface area contributed by atoms with Crippen molar-refractivity contribution in [2.24, 2.45) is 0 Å². The molecule has 1 heterocycles. The number of benzene rings is 1. The molecule has 0 bridgehead atoms. The van der Waals surface area contributed by atoms with Crippen LogP contribution in [-0.4, -0.2) is 16.1 Å². The van der Waals surface area contributed by atoms with E-state index in [1.165, 1.54) is 12.3 Å². The van der Waals surface area contributed by atoms with Crippen molar-refractivity contribution < 1.29 is 9.18 Å². The molecule has 0 saturated heterocycles. The summed E-state index contributed by atoms with van der Waals surface area (Å²) in [5.41, 5.74) is 0.372. The van der Waals surface area contributed by atoms with E-state index in [0.717, 1.165) is 0 Å². The number of carbonyl (C=O) groups is 1. The van der Waals surface area contributed by atoms with E-state index < -0.39 is 5.41 Å². The number of anilines is 1. The Balaban J connectivity index is 1.87. The van der Waals surface area contributed by atoms with Gasteiger partial charge in [0.05, 0.1) is 17.3 Å². The number of hydrogen-bond donors (Lipinski definition) is 2. The summed E-state index contributed by atoms with van der Waals surface area (Å²) in [6, 6.07) is 6.45. The monoisotopic (exact) mass is 245 g/mol. The van der Waals surface area contributed by atoms with Crippen LogP contribution in [0.4, 0.5) is 10.1 Å². The van der Waals surface area contributed by atoms with Gasteiger partial charge in [-0.25, -0.2) is 4.39 Å². The summed E-state index contributed by atoms with van der Waals surface area (Å²) in [6.07, 6.45) is 4.47. The normalized spacial score (nSPS) is 16.3. The molecule has 92 valence electrons. The lowest BCUT2D eigenvalue weighted by Crippen LogP contribution is -2.28. The average Bonchev–Trinajstić information content (AvgIpc) is 3.02. The number of amides is 1. The molecule has 1 amide bonds. The maximum atomic E-state index is 13.8. The van der Waals surface area contributed by atoms with E-state index in [1.54, 1.807) is 24.4 Å². The minimum atomic E-state index is -0.706. The van der Waals surface area contributed by atoms with Crippen molar-refractivity contribution in [2.45, 2.75) is 18.3 Å². The van der Waals surface area contributed by atoms with E-state index in [0.29, 0.717) is 24.1 Å². The lowest BCUT2D eigenvalue weighted by atomic mass is 9.94. The topological polar surface area (TPSA) is 57.8 Å². The number of aromatic nitrogens is 2. The summed E-state index contributed by atoms with van der Waals surface area (Å²) in [5.74, 6) is -0.494. The van der Waals surface area contributed by atoms with Gasteiger partial charge in [0.1, 0.15) is 5.82 Å². The van der Waals surface area contributed by atoms with E-state index in [-0.39, 0.29) is 11.7 Å². The fraction of sp³-hybridized carbons (Fsp3) is 0.231. The van der Waals surface area contributed by atoms with E-state index in [9.17, 15) is 9.18 Å². The number of nitrogens with one attached hydrogen (secondary N) is 2. The SMILES string of the molecule is O=C(Nc1cn[nH]c1)C1(c2ccccc2F)CC1. The predicted octanol–water partition coefficient (Wildman–Crippen LogP) is 2.22. The van der Waals surface area contributed by atoms with Gasteiger partial charge in [0.2, 0.25) is 5.91 Å². The molecule has 0 spiro atoms. The third kappa shape index (κ3) is 1.68. The van der Waals surface area contributed by atoms with E-state index in [4.69, 9.17) is 0 Å². The van der Waals surface area contributed by atoms with Crippen molar-refractivity contribution in [1.29, 1.82) is 0 Å². The molecule has 0 unspecified atom stereocenters. The Morgan fingerprint density at radius 3 is 2.78 bits per heavy atom. The summed E-state index contributed by atoms with van der Waals surface area (Å²) < 4.78 is 13.8.